The summed E-state index contributed by atoms with van der Waals surface area (Å²) in [6.07, 6.45) is 1.16. The van der Waals surface area contributed by atoms with Gasteiger partial charge in [-0.15, -0.1) is 11.3 Å². The predicted molar refractivity (Wildman–Crippen MR) is 111 cm³/mol. The third-order valence-corrected chi connectivity index (χ3v) is 5.95. The van der Waals surface area contributed by atoms with Crippen molar-refractivity contribution in [2.45, 2.75) is 59.2 Å². The molecular weight excluding hydrogens is 358 g/mol. The fraction of sp³-hybridized carbons (Fsp3) is 0.600. The summed E-state index contributed by atoms with van der Waals surface area (Å²) in [5.74, 6) is 1.98. The predicted octanol–water partition coefficient (Wildman–Crippen LogP) is 3.36. The smallest absolute Gasteiger partial charge is 0.191 e. The molecular formula is C20H31N5OS. The first-order valence-corrected chi connectivity index (χ1v) is 10.7. The maximum Gasteiger partial charge on any atom is 0.191 e. The van der Waals surface area contributed by atoms with Crippen molar-refractivity contribution in [3.05, 3.63) is 39.4 Å². The summed E-state index contributed by atoms with van der Waals surface area (Å²) in [5, 5.41) is 13.1. The number of hydrogen-bond acceptors (Lipinski definition) is 5. The Hall–Kier alpha value is -1.86. The van der Waals surface area contributed by atoms with E-state index in [-0.39, 0.29) is 0 Å². The Labute approximate surface area is 166 Å². The molecule has 3 rings (SSSR count). The Morgan fingerprint density at radius 3 is 2.96 bits per heavy atom. The first-order chi connectivity index (χ1) is 13.1. The van der Waals surface area contributed by atoms with Crippen LogP contribution in [0.1, 0.15) is 55.5 Å². The van der Waals surface area contributed by atoms with Crippen LogP contribution in [0.2, 0.25) is 0 Å². The molecule has 1 aliphatic heterocycles. The van der Waals surface area contributed by atoms with Gasteiger partial charge < -0.3 is 15.2 Å². The van der Waals surface area contributed by atoms with Gasteiger partial charge in [0.1, 0.15) is 6.54 Å². The number of nitrogens with one attached hydrogen (secondary N) is 2. The highest BCUT2D eigenvalue weighted by Crippen LogP contribution is 2.25. The molecule has 0 bridgehead atoms. The monoisotopic (exact) mass is 389 g/mol. The Morgan fingerprint density at radius 2 is 2.22 bits per heavy atom. The van der Waals surface area contributed by atoms with E-state index in [9.17, 15) is 0 Å². The fourth-order valence-electron chi connectivity index (χ4n) is 3.19. The SMILES string of the molecule is CCNC(=NCc1cc(C(C)C)no1)NCC(C)N1CCc2sccc2C1. The molecule has 0 radical (unpaired) electrons. The van der Waals surface area contributed by atoms with Crippen LogP contribution in [0.4, 0.5) is 0 Å². The summed E-state index contributed by atoms with van der Waals surface area (Å²) in [6.45, 7) is 12.9. The lowest BCUT2D eigenvalue weighted by Gasteiger charge is -2.32. The van der Waals surface area contributed by atoms with Gasteiger partial charge in [0.15, 0.2) is 11.7 Å². The largest absolute Gasteiger partial charge is 0.359 e. The van der Waals surface area contributed by atoms with Crippen molar-refractivity contribution in [2.24, 2.45) is 4.99 Å². The van der Waals surface area contributed by atoms with E-state index in [1.54, 1.807) is 4.88 Å². The van der Waals surface area contributed by atoms with Gasteiger partial charge in [-0.1, -0.05) is 19.0 Å². The second-order valence-electron chi connectivity index (χ2n) is 7.39. The molecule has 0 saturated heterocycles. The average Bonchev–Trinajstić information content (AvgIpc) is 3.32. The minimum Gasteiger partial charge on any atom is -0.359 e. The number of aromatic nitrogens is 1. The molecule has 2 N–H and O–H groups in total. The van der Waals surface area contributed by atoms with Crippen LogP contribution >= 0.6 is 11.3 Å². The first-order valence-electron chi connectivity index (χ1n) is 9.83. The molecule has 1 unspecified atom stereocenters. The number of guanidine groups is 1. The van der Waals surface area contributed by atoms with E-state index in [0.29, 0.717) is 18.5 Å². The third-order valence-electron chi connectivity index (χ3n) is 4.93. The number of rotatable bonds is 7. The van der Waals surface area contributed by atoms with E-state index >= 15 is 0 Å². The minimum absolute atomic E-state index is 0.368. The maximum atomic E-state index is 5.38. The van der Waals surface area contributed by atoms with Gasteiger partial charge in [0.05, 0.1) is 5.69 Å². The van der Waals surface area contributed by atoms with Gasteiger partial charge in [-0.2, -0.15) is 0 Å². The Kier molecular flexibility index (Phi) is 6.90. The van der Waals surface area contributed by atoms with E-state index in [1.807, 2.05) is 17.4 Å². The molecule has 6 nitrogen and oxygen atoms in total. The van der Waals surface area contributed by atoms with E-state index in [4.69, 9.17) is 4.52 Å². The van der Waals surface area contributed by atoms with Crippen molar-refractivity contribution >= 4 is 17.3 Å². The normalized spacial score (nSPS) is 16.4. The number of thiophene rings is 1. The number of aliphatic imine (C=N–C) groups is 1. The molecule has 148 valence electrons. The molecule has 7 heteroatoms. The number of hydrogen-bond donors (Lipinski definition) is 2. The second-order valence-corrected chi connectivity index (χ2v) is 8.39. The minimum atomic E-state index is 0.368. The lowest BCUT2D eigenvalue weighted by molar-refractivity contribution is 0.192. The number of fused-ring (bicyclic) bond motifs is 1. The van der Waals surface area contributed by atoms with Crippen molar-refractivity contribution in [1.29, 1.82) is 0 Å². The van der Waals surface area contributed by atoms with Crippen molar-refractivity contribution in [2.75, 3.05) is 19.6 Å². The van der Waals surface area contributed by atoms with Gasteiger partial charge in [0.2, 0.25) is 0 Å². The van der Waals surface area contributed by atoms with Gasteiger partial charge in [-0.25, -0.2) is 4.99 Å². The molecule has 0 amide bonds. The molecule has 0 aliphatic carbocycles. The molecule has 27 heavy (non-hydrogen) atoms. The van der Waals surface area contributed by atoms with Gasteiger partial charge in [0, 0.05) is 43.2 Å². The van der Waals surface area contributed by atoms with Crippen LogP contribution < -0.4 is 10.6 Å². The fourth-order valence-corrected chi connectivity index (χ4v) is 4.08. The van der Waals surface area contributed by atoms with Crippen LogP contribution in [0.25, 0.3) is 0 Å². The van der Waals surface area contributed by atoms with Gasteiger partial charge in [-0.05, 0) is 43.2 Å². The van der Waals surface area contributed by atoms with Crippen molar-refractivity contribution in [1.82, 2.24) is 20.7 Å². The van der Waals surface area contributed by atoms with Crippen LogP contribution in [-0.2, 0) is 19.5 Å². The average molecular weight is 390 g/mol. The van der Waals surface area contributed by atoms with Crippen molar-refractivity contribution in [3.63, 3.8) is 0 Å². The zero-order chi connectivity index (χ0) is 19.2. The summed E-state index contributed by atoms with van der Waals surface area (Å²) >= 11 is 1.89. The summed E-state index contributed by atoms with van der Waals surface area (Å²) in [6, 6.07) is 4.70. The topological polar surface area (TPSA) is 65.7 Å². The second kappa shape index (κ2) is 9.37. The maximum absolute atomic E-state index is 5.38. The highest BCUT2D eigenvalue weighted by Gasteiger charge is 2.21. The van der Waals surface area contributed by atoms with Crippen LogP contribution in [0.15, 0.2) is 27.0 Å². The summed E-state index contributed by atoms with van der Waals surface area (Å²) in [5.41, 5.74) is 2.47. The van der Waals surface area contributed by atoms with Crippen LogP contribution in [-0.4, -0.2) is 41.7 Å². The van der Waals surface area contributed by atoms with Crippen molar-refractivity contribution < 1.29 is 4.52 Å². The zero-order valence-electron chi connectivity index (χ0n) is 16.8. The molecule has 0 saturated carbocycles. The Bertz CT molecular complexity index is 751. The van der Waals surface area contributed by atoms with Gasteiger partial charge in [0.25, 0.3) is 0 Å². The van der Waals surface area contributed by atoms with Crippen LogP contribution in [0.3, 0.4) is 0 Å². The molecule has 1 aliphatic rings. The Balaban J connectivity index is 1.52. The van der Waals surface area contributed by atoms with Crippen molar-refractivity contribution in [3.8, 4) is 0 Å². The van der Waals surface area contributed by atoms with Gasteiger partial charge in [-0.3, -0.25) is 4.90 Å². The standard InChI is InChI=1S/C20H31N5OS/c1-5-21-20(23-12-17-10-18(14(2)3)24-26-17)22-11-15(4)25-8-6-19-16(13-25)7-9-27-19/h7,9-10,14-15H,5-6,8,11-13H2,1-4H3,(H2,21,22,23). The first kappa shape index (κ1) is 19.9. The van der Waals surface area contributed by atoms with E-state index < -0.39 is 0 Å². The highest BCUT2D eigenvalue weighted by molar-refractivity contribution is 7.10. The molecule has 0 aromatic carbocycles. The lowest BCUT2D eigenvalue weighted by atomic mass is 10.1. The highest BCUT2D eigenvalue weighted by atomic mass is 32.1. The quantitative estimate of drug-likeness (QED) is 0.561. The Morgan fingerprint density at radius 1 is 1.37 bits per heavy atom. The lowest BCUT2D eigenvalue weighted by Crippen LogP contribution is -2.47. The van der Waals surface area contributed by atoms with E-state index in [2.05, 4.69) is 64.8 Å². The van der Waals surface area contributed by atoms with Crippen LogP contribution in [0, 0.1) is 0 Å². The third kappa shape index (κ3) is 5.32. The molecule has 1 atom stereocenters. The van der Waals surface area contributed by atoms with Gasteiger partial charge >= 0.3 is 0 Å². The molecule has 2 aromatic rings. The molecule has 0 spiro atoms. The molecule has 0 fully saturated rings. The van der Waals surface area contributed by atoms with Crippen LogP contribution in [0.5, 0.6) is 0 Å². The van der Waals surface area contributed by atoms with E-state index in [1.165, 1.54) is 5.56 Å². The zero-order valence-corrected chi connectivity index (χ0v) is 17.6. The summed E-state index contributed by atoms with van der Waals surface area (Å²) in [4.78, 5) is 8.73. The summed E-state index contributed by atoms with van der Waals surface area (Å²) < 4.78 is 5.38. The number of nitrogens with zero attached hydrogens (tertiary/aromatic N) is 3. The van der Waals surface area contributed by atoms with E-state index in [0.717, 1.165) is 50.0 Å². The molecule has 3 heterocycles. The summed E-state index contributed by atoms with van der Waals surface area (Å²) in [7, 11) is 0. The molecule has 2 aromatic heterocycles.